The molecule has 1 saturated carbocycles. The third-order valence-electron chi connectivity index (χ3n) is 3.18. The highest BCUT2D eigenvalue weighted by molar-refractivity contribution is 7.99. The largest absolute Gasteiger partial charge is 0.354 e. The first-order valence-electron chi connectivity index (χ1n) is 6.49. The Hall–Kier alpha value is -0.420. The minimum Gasteiger partial charge on any atom is -0.354 e. The van der Waals surface area contributed by atoms with E-state index in [1.54, 1.807) is 11.8 Å². The molecule has 1 amide bonds. The molecule has 0 bridgehead atoms. The molecule has 0 radical (unpaired) electrons. The van der Waals surface area contributed by atoms with Crippen molar-refractivity contribution in [3.05, 3.63) is 34.9 Å². The number of carbonyl (C=O) groups excluding carboxylic acids is 1. The van der Waals surface area contributed by atoms with Gasteiger partial charge in [-0.05, 0) is 36.5 Å². The second kappa shape index (κ2) is 8.78. The van der Waals surface area contributed by atoms with E-state index >= 15 is 0 Å². The summed E-state index contributed by atoms with van der Waals surface area (Å²) in [5.41, 5.74) is 7.10. The lowest BCUT2D eigenvalue weighted by atomic mass is 10.2. The maximum atomic E-state index is 11.6. The quantitative estimate of drug-likeness (QED) is 0.806. The number of benzene rings is 1. The van der Waals surface area contributed by atoms with Gasteiger partial charge < -0.3 is 11.1 Å². The van der Waals surface area contributed by atoms with Crippen molar-refractivity contribution in [1.29, 1.82) is 0 Å². The Labute approximate surface area is 135 Å². The summed E-state index contributed by atoms with van der Waals surface area (Å²) in [7, 11) is 0. The van der Waals surface area contributed by atoms with Crippen molar-refractivity contribution in [2.45, 2.75) is 24.6 Å². The Kier molecular flexibility index (Phi) is 7.74. The lowest BCUT2D eigenvalue weighted by Gasteiger charge is -2.11. The van der Waals surface area contributed by atoms with Gasteiger partial charge in [-0.25, -0.2) is 0 Å². The van der Waals surface area contributed by atoms with Crippen LogP contribution in [0.5, 0.6) is 0 Å². The minimum atomic E-state index is 0. The van der Waals surface area contributed by atoms with E-state index in [-0.39, 0.29) is 24.4 Å². The van der Waals surface area contributed by atoms with Gasteiger partial charge in [0.05, 0.1) is 5.75 Å². The number of nitrogens with one attached hydrogen (secondary N) is 1. The van der Waals surface area contributed by atoms with E-state index in [0.29, 0.717) is 18.2 Å². The molecule has 2 rings (SSSR count). The van der Waals surface area contributed by atoms with Gasteiger partial charge in [0.15, 0.2) is 0 Å². The number of thioether (sulfide) groups is 1. The zero-order chi connectivity index (χ0) is 13.7. The molecule has 3 N–H and O–H groups in total. The van der Waals surface area contributed by atoms with Crippen LogP contribution < -0.4 is 11.1 Å². The fraction of sp³-hybridized carbons (Fsp3) is 0.500. The molecule has 0 spiro atoms. The third-order valence-corrected chi connectivity index (χ3v) is 4.43. The summed E-state index contributed by atoms with van der Waals surface area (Å²) >= 11 is 7.41. The number of amides is 1. The summed E-state index contributed by atoms with van der Waals surface area (Å²) in [5.74, 6) is 1.98. The molecule has 0 aliphatic heterocycles. The molecule has 112 valence electrons. The van der Waals surface area contributed by atoms with Crippen LogP contribution in [-0.2, 0) is 10.5 Å². The molecule has 1 aromatic carbocycles. The van der Waals surface area contributed by atoms with Crippen LogP contribution in [0, 0.1) is 5.92 Å². The summed E-state index contributed by atoms with van der Waals surface area (Å²) in [5, 5.41) is 3.63. The zero-order valence-electron chi connectivity index (χ0n) is 11.2. The summed E-state index contributed by atoms with van der Waals surface area (Å²) in [4.78, 5) is 11.6. The van der Waals surface area contributed by atoms with E-state index in [0.717, 1.165) is 10.8 Å². The molecule has 0 heterocycles. The van der Waals surface area contributed by atoms with Crippen LogP contribution in [-0.4, -0.2) is 24.2 Å². The second-order valence-electron chi connectivity index (χ2n) is 4.92. The van der Waals surface area contributed by atoms with Crippen LogP contribution in [0.1, 0.15) is 18.4 Å². The van der Waals surface area contributed by atoms with Gasteiger partial charge in [-0.2, -0.15) is 0 Å². The molecule has 1 atom stereocenters. The summed E-state index contributed by atoms with van der Waals surface area (Å²) in [6.07, 6.45) is 2.42. The van der Waals surface area contributed by atoms with E-state index in [4.69, 9.17) is 17.3 Å². The molecular formula is C14H20Cl2N2OS. The Balaban J connectivity index is 0.00000200. The van der Waals surface area contributed by atoms with Crippen LogP contribution in [0.15, 0.2) is 24.3 Å². The zero-order valence-corrected chi connectivity index (χ0v) is 13.6. The molecule has 1 aromatic rings. The maximum absolute atomic E-state index is 11.6. The van der Waals surface area contributed by atoms with E-state index in [9.17, 15) is 4.79 Å². The highest BCUT2D eigenvalue weighted by atomic mass is 35.5. The molecule has 1 aliphatic rings. The number of carbonyl (C=O) groups is 1. The average Bonchev–Trinajstić information content (AvgIpc) is 3.23. The Morgan fingerprint density at radius 2 is 2.05 bits per heavy atom. The van der Waals surface area contributed by atoms with Gasteiger partial charge in [-0.1, -0.05) is 23.7 Å². The first-order valence-corrected chi connectivity index (χ1v) is 8.03. The number of hydrogen-bond acceptors (Lipinski definition) is 3. The minimum absolute atomic E-state index is 0. The topological polar surface area (TPSA) is 55.1 Å². The smallest absolute Gasteiger partial charge is 0.230 e. The van der Waals surface area contributed by atoms with Crippen molar-refractivity contribution >= 4 is 41.7 Å². The molecule has 1 fully saturated rings. The monoisotopic (exact) mass is 334 g/mol. The Bertz CT molecular complexity index is 424. The predicted octanol–water partition coefficient (Wildman–Crippen LogP) is 2.85. The SMILES string of the molecule is Cl.NC(CNC(=O)CSCc1ccc(Cl)cc1)C1CC1. The molecule has 1 unspecified atom stereocenters. The molecule has 20 heavy (non-hydrogen) atoms. The van der Waals surface area contributed by atoms with Gasteiger partial charge in [0.25, 0.3) is 0 Å². The van der Waals surface area contributed by atoms with E-state index in [1.807, 2.05) is 24.3 Å². The van der Waals surface area contributed by atoms with Crippen molar-refractivity contribution in [3.63, 3.8) is 0 Å². The molecular weight excluding hydrogens is 315 g/mol. The van der Waals surface area contributed by atoms with Crippen LogP contribution in [0.3, 0.4) is 0 Å². The van der Waals surface area contributed by atoms with Crippen molar-refractivity contribution in [2.75, 3.05) is 12.3 Å². The highest BCUT2D eigenvalue weighted by Crippen LogP contribution is 2.31. The number of rotatable bonds is 7. The fourth-order valence-electron chi connectivity index (χ4n) is 1.82. The standard InChI is InChI=1S/C14H19ClN2OS.ClH/c15-12-5-1-10(2-6-12)8-19-9-14(18)17-7-13(16)11-3-4-11;/h1-2,5-6,11,13H,3-4,7-9,16H2,(H,17,18);1H. The predicted molar refractivity (Wildman–Crippen MR) is 88.6 cm³/mol. The van der Waals surface area contributed by atoms with Crippen LogP contribution in [0.2, 0.25) is 5.02 Å². The normalized spacial score (nSPS) is 15.3. The number of hydrogen-bond donors (Lipinski definition) is 2. The van der Waals surface area contributed by atoms with Crippen LogP contribution in [0.4, 0.5) is 0 Å². The van der Waals surface area contributed by atoms with Crippen molar-refractivity contribution in [3.8, 4) is 0 Å². The molecule has 1 aliphatic carbocycles. The molecule has 3 nitrogen and oxygen atoms in total. The Morgan fingerprint density at radius 1 is 1.40 bits per heavy atom. The molecule has 0 saturated heterocycles. The van der Waals surface area contributed by atoms with Crippen molar-refractivity contribution in [2.24, 2.45) is 11.7 Å². The van der Waals surface area contributed by atoms with E-state index < -0.39 is 0 Å². The number of halogens is 2. The number of nitrogens with two attached hydrogens (primary N) is 1. The molecule has 6 heteroatoms. The van der Waals surface area contributed by atoms with Gasteiger partial charge in [-0.15, -0.1) is 24.2 Å². The van der Waals surface area contributed by atoms with E-state index in [2.05, 4.69) is 5.32 Å². The van der Waals surface area contributed by atoms with Crippen molar-refractivity contribution < 1.29 is 4.79 Å². The molecule has 0 aromatic heterocycles. The van der Waals surface area contributed by atoms with Gasteiger partial charge in [0, 0.05) is 23.4 Å². The fourth-order valence-corrected chi connectivity index (χ4v) is 2.76. The third kappa shape index (κ3) is 6.35. The second-order valence-corrected chi connectivity index (χ2v) is 6.35. The first kappa shape index (κ1) is 17.6. The van der Waals surface area contributed by atoms with Crippen LogP contribution >= 0.6 is 35.8 Å². The lowest BCUT2D eigenvalue weighted by Crippen LogP contribution is -2.39. The first-order chi connectivity index (χ1) is 9.15. The van der Waals surface area contributed by atoms with Crippen molar-refractivity contribution in [1.82, 2.24) is 5.32 Å². The summed E-state index contributed by atoms with van der Waals surface area (Å²) in [6.45, 7) is 0.602. The van der Waals surface area contributed by atoms with Gasteiger partial charge >= 0.3 is 0 Å². The summed E-state index contributed by atoms with van der Waals surface area (Å²) in [6, 6.07) is 7.83. The highest BCUT2D eigenvalue weighted by Gasteiger charge is 2.28. The summed E-state index contributed by atoms with van der Waals surface area (Å²) < 4.78 is 0. The van der Waals surface area contributed by atoms with Crippen LogP contribution in [0.25, 0.3) is 0 Å². The average molecular weight is 335 g/mol. The van der Waals surface area contributed by atoms with Gasteiger partial charge in [-0.3, -0.25) is 4.79 Å². The van der Waals surface area contributed by atoms with E-state index in [1.165, 1.54) is 18.4 Å². The maximum Gasteiger partial charge on any atom is 0.230 e. The van der Waals surface area contributed by atoms with Gasteiger partial charge in [0.1, 0.15) is 0 Å². The van der Waals surface area contributed by atoms with Gasteiger partial charge in [0.2, 0.25) is 5.91 Å². The lowest BCUT2D eigenvalue weighted by molar-refractivity contribution is -0.118. The Morgan fingerprint density at radius 3 is 2.65 bits per heavy atom.